The topological polar surface area (TPSA) is 60.4 Å². The van der Waals surface area contributed by atoms with Crippen molar-refractivity contribution in [1.82, 2.24) is 19.9 Å². The van der Waals surface area contributed by atoms with Crippen LogP contribution in [0.15, 0.2) is 42.6 Å². The highest BCUT2D eigenvalue weighted by Gasteiger charge is 2.36. The SMILES string of the molecule is CCN(CC)Cc1nc(Nc2ccc(F)c(F)c2)cc(N2CCN(c3ncccc3C(F)(F)F)CC2)n1. The van der Waals surface area contributed by atoms with Gasteiger partial charge >= 0.3 is 6.18 Å². The summed E-state index contributed by atoms with van der Waals surface area (Å²) in [7, 11) is 0. The largest absolute Gasteiger partial charge is 0.419 e. The molecule has 3 heterocycles. The second kappa shape index (κ2) is 11.2. The van der Waals surface area contributed by atoms with Gasteiger partial charge in [-0.1, -0.05) is 13.8 Å². The van der Waals surface area contributed by atoms with Crippen LogP contribution in [-0.2, 0) is 12.7 Å². The van der Waals surface area contributed by atoms with Gasteiger partial charge in [-0.2, -0.15) is 13.2 Å². The number of hydrogen-bond donors (Lipinski definition) is 1. The van der Waals surface area contributed by atoms with E-state index in [9.17, 15) is 22.0 Å². The van der Waals surface area contributed by atoms with Crippen LogP contribution in [-0.4, -0.2) is 59.1 Å². The van der Waals surface area contributed by atoms with Crippen LogP contribution in [0, 0.1) is 11.6 Å². The molecule has 0 saturated carbocycles. The number of pyridine rings is 1. The smallest absolute Gasteiger partial charge is 0.353 e. The van der Waals surface area contributed by atoms with Crippen molar-refractivity contribution in [2.75, 3.05) is 54.4 Å². The van der Waals surface area contributed by atoms with E-state index in [1.165, 1.54) is 18.3 Å². The lowest BCUT2D eigenvalue weighted by atomic mass is 10.2. The Hall–Kier alpha value is -3.54. The summed E-state index contributed by atoms with van der Waals surface area (Å²) in [5.41, 5.74) is -0.429. The maximum absolute atomic E-state index is 13.7. The van der Waals surface area contributed by atoms with Crippen molar-refractivity contribution in [2.45, 2.75) is 26.6 Å². The molecule has 0 radical (unpaired) electrons. The number of nitrogens with one attached hydrogen (secondary N) is 1. The first kappa shape index (κ1) is 26.5. The number of benzene rings is 1. The van der Waals surface area contributed by atoms with Crippen LogP contribution >= 0.6 is 0 Å². The van der Waals surface area contributed by atoms with Crippen molar-refractivity contribution in [1.29, 1.82) is 0 Å². The Morgan fingerprint density at radius 3 is 2.27 bits per heavy atom. The lowest BCUT2D eigenvalue weighted by Gasteiger charge is -2.37. The number of halogens is 5. The zero-order valence-electron chi connectivity index (χ0n) is 20.6. The van der Waals surface area contributed by atoms with Crippen LogP contribution < -0.4 is 15.1 Å². The molecule has 2 aromatic heterocycles. The first-order valence-corrected chi connectivity index (χ1v) is 12.0. The number of piperazine rings is 1. The first-order valence-electron chi connectivity index (χ1n) is 12.0. The van der Waals surface area contributed by atoms with Crippen LogP contribution in [0.5, 0.6) is 0 Å². The van der Waals surface area contributed by atoms with Crippen molar-refractivity contribution in [3.05, 3.63) is 65.6 Å². The van der Waals surface area contributed by atoms with E-state index in [0.29, 0.717) is 55.9 Å². The molecule has 0 spiro atoms. The predicted octanol–water partition coefficient (Wildman–Crippen LogP) is 5.08. The molecule has 7 nitrogen and oxygen atoms in total. The fourth-order valence-corrected chi connectivity index (χ4v) is 4.17. The van der Waals surface area contributed by atoms with E-state index < -0.39 is 23.4 Å². The van der Waals surface area contributed by atoms with Crippen LogP contribution in [0.4, 0.5) is 45.1 Å². The van der Waals surface area contributed by atoms with Gasteiger partial charge in [0, 0.05) is 50.2 Å². The molecule has 1 N–H and O–H groups in total. The number of alkyl halides is 3. The molecular formula is C25H28F5N7. The van der Waals surface area contributed by atoms with Crippen LogP contribution in [0.1, 0.15) is 25.2 Å². The van der Waals surface area contributed by atoms with Crippen molar-refractivity contribution in [2.24, 2.45) is 0 Å². The molecule has 1 aliphatic rings. The van der Waals surface area contributed by atoms with Gasteiger partial charge in [0.2, 0.25) is 0 Å². The molecule has 1 aliphatic heterocycles. The van der Waals surface area contributed by atoms with E-state index in [1.807, 2.05) is 18.7 Å². The van der Waals surface area contributed by atoms with Gasteiger partial charge in [0.15, 0.2) is 11.6 Å². The minimum atomic E-state index is -4.49. The Kier molecular flexibility index (Phi) is 8.06. The number of rotatable bonds is 8. The number of anilines is 4. The van der Waals surface area contributed by atoms with Crippen molar-refractivity contribution >= 4 is 23.1 Å². The van der Waals surface area contributed by atoms with Gasteiger partial charge in [-0.15, -0.1) is 0 Å². The van der Waals surface area contributed by atoms with Gasteiger partial charge in [-0.25, -0.2) is 23.7 Å². The first-order chi connectivity index (χ1) is 17.7. The zero-order chi connectivity index (χ0) is 26.6. The summed E-state index contributed by atoms with van der Waals surface area (Å²) in [5.74, 6) is -0.469. The van der Waals surface area contributed by atoms with Gasteiger partial charge in [-0.3, -0.25) is 4.90 Å². The number of aromatic nitrogens is 3. The molecule has 0 bridgehead atoms. The quantitative estimate of drug-likeness (QED) is 0.415. The number of nitrogens with zero attached hydrogens (tertiary/aromatic N) is 6. The molecule has 1 saturated heterocycles. The van der Waals surface area contributed by atoms with Crippen LogP contribution in [0.2, 0.25) is 0 Å². The van der Waals surface area contributed by atoms with Crippen LogP contribution in [0.25, 0.3) is 0 Å². The fourth-order valence-electron chi connectivity index (χ4n) is 4.17. The summed E-state index contributed by atoms with van der Waals surface area (Å²) in [6.07, 6.45) is -3.13. The Balaban J connectivity index is 1.57. The van der Waals surface area contributed by atoms with Crippen LogP contribution in [0.3, 0.4) is 0 Å². The normalized spacial score (nSPS) is 14.4. The second-order valence-corrected chi connectivity index (χ2v) is 8.59. The Morgan fingerprint density at radius 1 is 0.919 bits per heavy atom. The molecule has 3 aromatic rings. The molecular weight excluding hydrogens is 493 g/mol. The minimum absolute atomic E-state index is 0.0831. The molecule has 12 heteroatoms. The average molecular weight is 522 g/mol. The standard InChI is InChI=1S/C25H28F5N7/c1-3-35(4-2)16-22-33-21(32-17-7-8-19(26)20(27)14-17)15-23(34-22)36-10-12-37(13-11-36)24-18(25(28,29)30)6-5-9-31-24/h5-9,14-15H,3-4,10-13,16H2,1-2H3,(H,32,33,34). The Labute approximate surface area is 212 Å². The Morgan fingerprint density at radius 2 is 1.62 bits per heavy atom. The molecule has 0 unspecified atom stereocenters. The third kappa shape index (κ3) is 6.43. The maximum Gasteiger partial charge on any atom is 0.419 e. The summed E-state index contributed by atoms with van der Waals surface area (Å²) >= 11 is 0. The van der Waals surface area contributed by atoms with E-state index >= 15 is 0 Å². The third-order valence-electron chi connectivity index (χ3n) is 6.21. The molecule has 198 valence electrons. The van der Waals surface area contributed by atoms with Gasteiger partial charge in [0.05, 0.1) is 12.1 Å². The molecule has 4 rings (SSSR count). The van der Waals surface area contributed by atoms with Gasteiger partial charge < -0.3 is 15.1 Å². The fraction of sp³-hybridized carbons (Fsp3) is 0.400. The highest BCUT2D eigenvalue weighted by atomic mass is 19.4. The summed E-state index contributed by atoms with van der Waals surface area (Å²) in [6.45, 7) is 7.60. The highest BCUT2D eigenvalue weighted by molar-refractivity contribution is 5.60. The van der Waals surface area contributed by atoms with E-state index in [4.69, 9.17) is 4.98 Å². The van der Waals surface area contributed by atoms with E-state index in [-0.39, 0.29) is 5.82 Å². The monoisotopic (exact) mass is 521 g/mol. The zero-order valence-corrected chi connectivity index (χ0v) is 20.6. The van der Waals surface area contributed by atoms with Gasteiger partial charge in [0.25, 0.3) is 0 Å². The van der Waals surface area contributed by atoms with Gasteiger partial charge in [-0.05, 0) is 37.4 Å². The van der Waals surface area contributed by atoms with Crippen molar-refractivity contribution in [3.8, 4) is 0 Å². The van der Waals surface area contributed by atoms with Crippen molar-refractivity contribution in [3.63, 3.8) is 0 Å². The molecule has 0 atom stereocenters. The molecule has 1 aromatic carbocycles. The van der Waals surface area contributed by atoms with E-state index in [2.05, 4.69) is 20.2 Å². The summed E-state index contributed by atoms with van der Waals surface area (Å²) in [5, 5.41) is 3.01. The maximum atomic E-state index is 13.7. The average Bonchev–Trinajstić information content (AvgIpc) is 2.89. The lowest BCUT2D eigenvalue weighted by Crippen LogP contribution is -2.47. The predicted molar refractivity (Wildman–Crippen MR) is 132 cm³/mol. The van der Waals surface area contributed by atoms with E-state index in [1.54, 1.807) is 11.0 Å². The van der Waals surface area contributed by atoms with E-state index in [0.717, 1.165) is 31.3 Å². The van der Waals surface area contributed by atoms with Crippen molar-refractivity contribution < 1.29 is 22.0 Å². The summed E-state index contributed by atoms with van der Waals surface area (Å²) in [4.78, 5) is 19.0. The molecule has 37 heavy (non-hydrogen) atoms. The van der Waals surface area contributed by atoms with Gasteiger partial charge in [0.1, 0.15) is 23.3 Å². The molecule has 0 amide bonds. The minimum Gasteiger partial charge on any atom is -0.353 e. The molecule has 1 fully saturated rings. The second-order valence-electron chi connectivity index (χ2n) is 8.59. The Bertz CT molecular complexity index is 1210. The third-order valence-corrected chi connectivity index (χ3v) is 6.21. The number of hydrogen-bond acceptors (Lipinski definition) is 7. The highest BCUT2D eigenvalue weighted by Crippen LogP contribution is 2.35. The molecule has 0 aliphatic carbocycles. The summed E-state index contributed by atoms with van der Waals surface area (Å²) < 4.78 is 67.5. The lowest BCUT2D eigenvalue weighted by molar-refractivity contribution is -0.137. The summed E-state index contributed by atoms with van der Waals surface area (Å²) in [6, 6.07) is 7.50.